The van der Waals surface area contributed by atoms with Crippen molar-refractivity contribution in [1.29, 1.82) is 0 Å². The molecule has 0 aromatic carbocycles. The van der Waals surface area contributed by atoms with Gasteiger partial charge in [-0.05, 0) is 11.8 Å². The van der Waals surface area contributed by atoms with Gasteiger partial charge >= 0.3 is 0 Å². The Morgan fingerprint density at radius 1 is 1.33 bits per heavy atom. The third-order valence-corrected chi connectivity index (χ3v) is 3.17. The lowest BCUT2D eigenvalue weighted by molar-refractivity contribution is -0.149. The lowest BCUT2D eigenvalue weighted by Gasteiger charge is -2.40. The topological polar surface area (TPSA) is 9.23 Å². The van der Waals surface area contributed by atoms with Gasteiger partial charge < -0.3 is 4.74 Å². The molecular weight excluding hydrogens is 155 g/mol. The first-order valence-corrected chi connectivity index (χ1v) is 4.80. The smallest absolute Gasteiger partial charge is 0.157 e. The van der Waals surface area contributed by atoms with Crippen molar-refractivity contribution in [3.8, 4) is 0 Å². The van der Waals surface area contributed by atoms with E-state index in [0.29, 0.717) is 19.6 Å². The van der Waals surface area contributed by atoms with Gasteiger partial charge in [-0.3, -0.25) is 0 Å². The Labute approximate surface area is 74.3 Å². The lowest BCUT2D eigenvalue weighted by Crippen LogP contribution is -2.48. The molecule has 12 heavy (non-hydrogen) atoms. The summed E-state index contributed by atoms with van der Waals surface area (Å²) in [6.07, 6.45) is 2.76. The number of alkyl halides is 1. The first-order chi connectivity index (χ1) is 5.54. The van der Waals surface area contributed by atoms with E-state index in [4.69, 9.17) is 4.74 Å². The fourth-order valence-corrected chi connectivity index (χ4v) is 1.69. The van der Waals surface area contributed by atoms with E-state index in [0.717, 1.165) is 12.8 Å². The fourth-order valence-electron chi connectivity index (χ4n) is 1.69. The Hall–Kier alpha value is -0.110. The minimum Gasteiger partial charge on any atom is -0.375 e. The van der Waals surface area contributed by atoms with Crippen LogP contribution in [0.1, 0.15) is 40.0 Å². The zero-order valence-electron chi connectivity index (χ0n) is 8.32. The van der Waals surface area contributed by atoms with Crippen LogP contribution in [-0.2, 0) is 4.74 Å². The van der Waals surface area contributed by atoms with Gasteiger partial charge in [0.15, 0.2) is 5.67 Å². The minimum absolute atomic E-state index is 0.165. The SMILES string of the molecule is CCC(C)(CC)CC1(F)COC1. The maximum atomic E-state index is 13.7. The normalized spacial score (nSPS) is 22.0. The molecule has 0 amide bonds. The number of hydrogen-bond acceptors (Lipinski definition) is 1. The van der Waals surface area contributed by atoms with Crippen molar-refractivity contribution < 1.29 is 9.13 Å². The number of halogens is 1. The van der Waals surface area contributed by atoms with Gasteiger partial charge in [-0.2, -0.15) is 0 Å². The molecule has 1 rings (SSSR count). The number of hydrogen-bond donors (Lipinski definition) is 0. The van der Waals surface area contributed by atoms with Crippen LogP contribution in [0.3, 0.4) is 0 Å². The van der Waals surface area contributed by atoms with E-state index in [1.165, 1.54) is 0 Å². The summed E-state index contributed by atoms with van der Waals surface area (Å²) in [5.74, 6) is 0. The summed E-state index contributed by atoms with van der Waals surface area (Å²) in [7, 11) is 0. The van der Waals surface area contributed by atoms with Gasteiger partial charge in [0.05, 0.1) is 13.2 Å². The standard InChI is InChI=1S/C10H19FO/c1-4-9(3,5-2)6-10(11)7-12-8-10/h4-8H2,1-3H3. The maximum absolute atomic E-state index is 13.7. The molecule has 2 heteroatoms. The highest BCUT2D eigenvalue weighted by molar-refractivity contribution is 4.91. The first-order valence-electron chi connectivity index (χ1n) is 4.80. The number of ether oxygens (including phenoxy) is 1. The Morgan fingerprint density at radius 2 is 1.83 bits per heavy atom. The lowest BCUT2D eigenvalue weighted by atomic mass is 9.75. The van der Waals surface area contributed by atoms with Crippen LogP contribution in [0, 0.1) is 5.41 Å². The summed E-state index contributed by atoms with van der Waals surface area (Å²) in [4.78, 5) is 0. The molecule has 1 aliphatic heterocycles. The van der Waals surface area contributed by atoms with Gasteiger partial charge in [-0.15, -0.1) is 0 Å². The van der Waals surface area contributed by atoms with E-state index >= 15 is 0 Å². The second-order valence-corrected chi connectivity index (χ2v) is 4.34. The van der Waals surface area contributed by atoms with Crippen LogP contribution in [0.4, 0.5) is 4.39 Å². The van der Waals surface area contributed by atoms with E-state index < -0.39 is 5.67 Å². The summed E-state index contributed by atoms with van der Waals surface area (Å²) in [6, 6.07) is 0. The van der Waals surface area contributed by atoms with E-state index in [9.17, 15) is 4.39 Å². The average molecular weight is 174 g/mol. The third-order valence-electron chi connectivity index (χ3n) is 3.17. The Balaban J connectivity index is 2.46. The van der Waals surface area contributed by atoms with Crippen molar-refractivity contribution in [3.05, 3.63) is 0 Å². The van der Waals surface area contributed by atoms with Gasteiger partial charge in [0, 0.05) is 0 Å². The quantitative estimate of drug-likeness (QED) is 0.636. The molecule has 0 bridgehead atoms. The Kier molecular flexibility index (Phi) is 2.77. The first kappa shape index (κ1) is 9.97. The zero-order chi connectivity index (χ0) is 9.24. The molecule has 0 radical (unpaired) electrons. The van der Waals surface area contributed by atoms with Crippen LogP contribution >= 0.6 is 0 Å². The van der Waals surface area contributed by atoms with Crippen molar-refractivity contribution in [2.45, 2.75) is 45.7 Å². The maximum Gasteiger partial charge on any atom is 0.157 e. The van der Waals surface area contributed by atoms with Crippen LogP contribution in [-0.4, -0.2) is 18.9 Å². The van der Waals surface area contributed by atoms with Crippen LogP contribution < -0.4 is 0 Å². The van der Waals surface area contributed by atoms with Crippen LogP contribution in [0.2, 0.25) is 0 Å². The largest absolute Gasteiger partial charge is 0.375 e. The second kappa shape index (κ2) is 3.33. The van der Waals surface area contributed by atoms with Crippen LogP contribution in [0.15, 0.2) is 0 Å². The van der Waals surface area contributed by atoms with E-state index in [1.807, 2.05) is 0 Å². The molecule has 0 aromatic heterocycles. The van der Waals surface area contributed by atoms with Crippen molar-refractivity contribution in [2.75, 3.05) is 13.2 Å². The van der Waals surface area contributed by atoms with Crippen LogP contribution in [0.25, 0.3) is 0 Å². The van der Waals surface area contributed by atoms with E-state index in [-0.39, 0.29) is 5.41 Å². The van der Waals surface area contributed by atoms with Gasteiger partial charge in [0.2, 0.25) is 0 Å². The molecule has 0 spiro atoms. The highest BCUT2D eigenvalue weighted by atomic mass is 19.1. The van der Waals surface area contributed by atoms with Gasteiger partial charge in [-0.25, -0.2) is 4.39 Å². The predicted octanol–water partition coefficient (Wildman–Crippen LogP) is 2.94. The average Bonchev–Trinajstić information content (AvgIpc) is 2.02. The summed E-state index contributed by atoms with van der Waals surface area (Å²) < 4.78 is 18.5. The molecule has 0 atom stereocenters. The van der Waals surface area contributed by atoms with Gasteiger partial charge in [-0.1, -0.05) is 33.6 Å². The van der Waals surface area contributed by atoms with Crippen molar-refractivity contribution in [1.82, 2.24) is 0 Å². The number of rotatable bonds is 4. The Bertz CT molecular complexity index is 148. The van der Waals surface area contributed by atoms with Crippen molar-refractivity contribution >= 4 is 0 Å². The monoisotopic (exact) mass is 174 g/mol. The summed E-state index contributed by atoms with van der Waals surface area (Å²) in [5.41, 5.74) is -0.848. The molecule has 0 saturated carbocycles. The van der Waals surface area contributed by atoms with Gasteiger partial charge in [0.25, 0.3) is 0 Å². The summed E-state index contributed by atoms with van der Waals surface area (Å²) in [5, 5.41) is 0. The predicted molar refractivity (Wildman–Crippen MR) is 48.0 cm³/mol. The van der Waals surface area contributed by atoms with E-state index in [1.54, 1.807) is 0 Å². The van der Waals surface area contributed by atoms with Crippen molar-refractivity contribution in [2.24, 2.45) is 5.41 Å². The fraction of sp³-hybridized carbons (Fsp3) is 1.00. The highest BCUT2D eigenvalue weighted by Gasteiger charge is 2.43. The summed E-state index contributed by atoms with van der Waals surface area (Å²) in [6.45, 7) is 7.04. The van der Waals surface area contributed by atoms with E-state index in [2.05, 4.69) is 20.8 Å². The molecule has 1 heterocycles. The zero-order valence-corrected chi connectivity index (χ0v) is 8.32. The molecule has 1 aliphatic rings. The van der Waals surface area contributed by atoms with Crippen LogP contribution in [0.5, 0.6) is 0 Å². The molecule has 1 fully saturated rings. The molecule has 0 unspecified atom stereocenters. The molecular formula is C10H19FO. The highest BCUT2D eigenvalue weighted by Crippen LogP contribution is 2.40. The molecule has 1 nitrogen and oxygen atoms in total. The minimum atomic E-state index is -1.01. The molecule has 0 N–H and O–H groups in total. The second-order valence-electron chi connectivity index (χ2n) is 4.34. The third kappa shape index (κ3) is 1.98. The molecule has 72 valence electrons. The summed E-state index contributed by atoms with van der Waals surface area (Å²) >= 11 is 0. The van der Waals surface area contributed by atoms with Gasteiger partial charge in [0.1, 0.15) is 0 Å². The molecule has 0 aromatic rings. The van der Waals surface area contributed by atoms with Crippen molar-refractivity contribution in [3.63, 3.8) is 0 Å². The molecule has 0 aliphatic carbocycles. The Morgan fingerprint density at radius 3 is 2.08 bits per heavy atom. The molecule has 1 saturated heterocycles.